The number of rotatable bonds is 3. The molecule has 21 heavy (non-hydrogen) atoms. The summed E-state index contributed by atoms with van der Waals surface area (Å²) in [4.78, 5) is 22.3. The Morgan fingerprint density at radius 1 is 1.24 bits per heavy atom. The Hall–Kier alpha value is -1.63. The third kappa shape index (κ3) is 3.72. The van der Waals surface area contributed by atoms with E-state index in [-0.39, 0.29) is 16.3 Å². The van der Waals surface area contributed by atoms with Gasteiger partial charge in [0.05, 0.1) is 20.1 Å². The van der Waals surface area contributed by atoms with Gasteiger partial charge in [-0.15, -0.1) is 0 Å². The molecule has 0 atom stereocenters. The fourth-order valence-corrected chi connectivity index (χ4v) is 2.37. The Morgan fingerprint density at radius 3 is 2.62 bits per heavy atom. The molecule has 0 saturated carbocycles. The predicted molar refractivity (Wildman–Crippen MR) is 85.2 cm³/mol. The quantitative estimate of drug-likeness (QED) is 0.598. The number of anilines is 1. The average molecular weight is 390 g/mol. The summed E-state index contributed by atoms with van der Waals surface area (Å²) in [5.74, 6) is -0.524. The number of hydrogen-bond acceptors (Lipinski definition) is 3. The monoisotopic (exact) mass is 388 g/mol. The predicted octanol–water partition coefficient (Wildman–Crippen LogP) is 4.92. The maximum atomic E-state index is 12.1. The molecule has 0 aromatic heterocycles. The Bertz CT molecular complexity index is 737. The number of benzene rings is 2. The fraction of sp³-hybridized carbons (Fsp3) is 0. The van der Waals surface area contributed by atoms with E-state index in [9.17, 15) is 14.9 Å². The number of carbonyl (C=O) groups is 1. The summed E-state index contributed by atoms with van der Waals surface area (Å²) in [6, 6.07) is 8.65. The summed E-state index contributed by atoms with van der Waals surface area (Å²) >= 11 is 15.0. The van der Waals surface area contributed by atoms with E-state index < -0.39 is 10.8 Å². The van der Waals surface area contributed by atoms with Gasteiger partial charge in [-0.1, -0.05) is 29.3 Å². The van der Waals surface area contributed by atoms with Crippen LogP contribution in [0.15, 0.2) is 40.9 Å². The van der Waals surface area contributed by atoms with Crippen molar-refractivity contribution in [3.05, 3.63) is 66.6 Å². The minimum atomic E-state index is -0.613. The van der Waals surface area contributed by atoms with E-state index in [4.69, 9.17) is 23.2 Å². The molecule has 0 aliphatic rings. The highest BCUT2D eigenvalue weighted by molar-refractivity contribution is 9.10. The zero-order chi connectivity index (χ0) is 15.6. The molecule has 5 nitrogen and oxygen atoms in total. The number of carbonyl (C=O) groups excluding carboxylic acids is 1. The van der Waals surface area contributed by atoms with E-state index in [0.717, 1.165) is 6.07 Å². The average Bonchev–Trinajstić information content (AvgIpc) is 2.43. The third-order valence-corrected chi connectivity index (χ3v) is 4.17. The SMILES string of the molecule is O=C(Nc1cccc(Cl)c1Br)c1cc(Cl)cc([N+](=O)[O-])c1. The summed E-state index contributed by atoms with van der Waals surface area (Å²) < 4.78 is 0.525. The van der Waals surface area contributed by atoms with Gasteiger partial charge in [0.1, 0.15) is 0 Å². The summed E-state index contributed by atoms with van der Waals surface area (Å²) in [6.07, 6.45) is 0. The third-order valence-electron chi connectivity index (χ3n) is 2.56. The first-order chi connectivity index (χ1) is 9.88. The Kier molecular flexibility index (Phi) is 4.82. The van der Waals surface area contributed by atoms with Crippen LogP contribution in [0.3, 0.4) is 0 Å². The lowest BCUT2D eigenvalue weighted by atomic mass is 10.2. The van der Waals surface area contributed by atoms with Crippen LogP contribution in [-0.4, -0.2) is 10.8 Å². The van der Waals surface area contributed by atoms with Crippen molar-refractivity contribution >= 4 is 56.4 Å². The van der Waals surface area contributed by atoms with Crippen molar-refractivity contribution in [1.82, 2.24) is 0 Å². The van der Waals surface area contributed by atoms with Crippen molar-refractivity contribution in [2.24, 2.45) is 0 Å². The molecular weight excluding hydrogens is 383 g/mol. The van der Waals surface area contributed by atoms with Gasteiger partial charge in [-0.05, 0) is 34.1 Å². The molecule has 108 valence electrons. The Balaban J connectivity index is 2.32. The summed E-state index contributed by atoms with van der Waals surface area (Å²) in [5, 5.41) is 13.9. The first kappa shape index (κ1) is 15.8. The van der Waals surface area contributed by atoms with Gasteiger partial charge in [-0.3, -0.25) is 14.9 Å². The van der Waals surface area contributed by atoms with Crippen LogP contribution in [0.25, 0.3) is 0 Å². The second-order valence-electron chi connectivity index (χ2n) is 4.01. The molecule has 0 unspecified atom stereocenters. The normalized spacial score (nSPS) is 10.2. The molecule has 2 aromatic rings. The van der Waals surface area contributed by atoms with Crippen molar-refractivity contribution < 1.29 is 9.72 Å². The first-order valence-corrected chi connectivity index (χ1v) is 7.13. The number of nitro benzene ring substituents is 1. The molecule has 1 amide bonds. The molecule has 0 aliphatic carbocycles. The van der Waals surface area contributed by atoms with Crippen molar-refractivity contribution in [2.75, 3.05) is 5.32 Å². The van der Waals surface area contributed by atoms with Crippen molar-refractivity contribution in [2.45, 2.75) is 0 Å². The summed E-state index contributed by atoms with van der Waals surface area (Å²) in [7, 11) is 0. The zero-order valence-electron chi connectivity index (χ0n) is 10.3. The molecule has 0 heterocycles. The van der Waals surface area contributed by atoms with E-state index in [1.165, 1.54) is 12.1 Å². The minimum Gasteiger partial charge on any atom is -0.321 e. The maximum absolute atomic E-state index is 12.1. The van der Waals surface area contributed by atoms with Crippen molar-refractivity contribution in [3.63, 3.8) is 0 Å². The number of non-ortho nitro benzene ring substituents is 1. The Labute approximate surface area is 138 Å². The molecule has 2 rings (SSSR count). The standard InChI is InChI=1S/C13H7BrCl2N2O3/c14-12-10(16)2-1-3-11(12)17-13(19)7-4-8(15)6-9(5-7)18(20)21/h1-6H,(H,17,19). The maximum Gasteiger partial charge on any atom is 0.271 e. The molecular formula is C13H7BrCl2N2O3. The lowest BCUT2D eigenvalue weighted by Crippen LogP contribution is -2.12. The van der Waals surface area contributed by atoms with Crippen LogP contribution in [0.4, 0.5) is 11.4 Å². The largest absolute Gasteiger partial charge is 0.321 e. The van der Waals surface area contributed by atoms with Crippen LogP contribution >= 0.6 is 39.1 Å². The van der Waals surface area contributed by atoms with Crippen LogP contribution < -0.4 is 5.32 Å². The molecule has 0 spiro atoms. The second-order valence-corrected chi connectivity index (χ2v) is 5.65. The molecule has 2 aromatic carbocycles. The number of nitrogens with zero attached hydrogens (tertiary/aromatic N) is 1. The lowest BCUT2D eigenvalue weighted by molar-refractivity contribution is -0.384. The van der Waals surface area contributed by atoms with Gasteiger partial charge in [0.15, 0.2) is 0 Å². The van der Waals surface area contributed by atoms with Crippen LogP contribution in [0.1, 0.15) is 10.4 Å². The van der Waals surface area contributed by atoms with Gasteiger partial charge in [-0.2, -0.15) is 0 Å². The number of halogens is 3. The van der Waals surface area contributed by atoms with Crippen LogP contribution in [0.5, 0.6) is 0 Å². The van der Waals surface area contributed by atoms with Gasteiger partial charge in [-0.25, -0.2) is 0 Å². The molecule has 1 N–H and O–H groups in total. The highest BCUT2D eigenvalue weighted by Crippen LogP contribution is 2.30. The number of nitrogens with one attached hydrogen (secondary N) is 1. The smallest absolute Gasteiger partial charge is 0.271 e. The van der Waals surface area contributed by atoms with Gasteiger partial charge >= 0.3 is 0 Å². The number of nitro groups is 1. The highest BCUT2D eigenvalue weighted by atomic mass is 79.9. The fourth-order valence-electron chi connectivity index (χ4n) is 1.61. The molecule has 0 aliphatic heterocycles. The molecule has 0 radical (unpaired) electrons. The van der Waals surface area contributed by atoms with E-state index in [2.05, 4.69) is 21.2 Å². The number of amides is 1. The van der Waals surface area contributed by atoms with E-state index >= 15 is 0 Å². The van der Waals surface area contributed by atoms with Crippen LogP contribution in [0, 0.1) is 10.1 Å². The molecule has 0 fully saturated rings. The summed E-state index contributed by atoms with van der Waals surface area (Å²) in [5.41, 5.74) is 0.286. The van der Waals surface area contributed by atoms with E-state index in [0.29, 0.717) is 15.2 Å². The van der Waals surface area contributed by atoms with Gasteiger partial charge in [0, 0.05) is 22.7 Å². The lowest BCUT2D eigenvalue weighted by Gasteiger charge is -2.08. The zero-order valence-corrected chi connectivity index (χ0v) is 13.4. The van der Waals surface area contributed by atoms with Crippen molar-refractivity contribution in [1.29, 1.82) is 0 Å². The van der Waals surface area contributed by atoms with Crippen LogP contribution in [-0.2, 0) is 0 Å². The molecule has 0 saturated heterocycles. The molecule has 0 bridgehead atoms. The topological polar surface area (TPSA) is 72.2 Å². The van der Waals surface area contributed by atoms with E-state index in [1.807, 2.05) is 0 Å². The van der Waals surface area contributed by atoms with Crippen molar-refractivity contribution in [3.8, 4) is 0 Å². The second kappa shape index (κ2) is 6.43. The molecule has 8 heteroatoms. The highest BCUT2D eigenvalue weighted by Gasteiger charge is 2.15. The van der Waals surface area contributed by atoms with Crippen LogP contribution in [0.2, 0.25) is 10.0 Å². The van der Waals surface area contributed by atoms with Gasteiger partial charge in [0.25, 0.3) is 11.6 Å². The first-order valence-electron chi connectivity index (χ1n) is 5.59. The number of hydrogen-bond donors (Lipinski definition) is 1. The van der Waals surface area contributed by atoms with E-state index in [1.54, 1.807) is 18.2 Å². The Morgan fingerprint density at radius 2 is 1.95 bits per heavy atom. The van der Waals surface area contributed by atoms with Gasteiger partial charge in [0.2, 0.25) is 0 Å². The summed E-state index contributed by atoms with van der Waals surface area (Å²) in [6.45, 7) is 0. The van der Waals surface area contributed by atoms with Gasteiger partial charge < -0.3 is 5.32 Å². The minimum absolute atomic E-state index is 0.0843.